The molecule has 1 heterocycles. The molecule has 0 N–H and O–H groups in total. The summed E-state index contributed by atoms with van der Waals surface area (Å²) in [5, 5.41) is 1.50. The summed E-state index contributed by atoms with van der Waals surface area (Å²) in [6.45, 7) is 2.54. The summed E-state index contributed by atoms with van der Waals surface area (Å²) < 4.78 is 11.7. The van der Waals surface area contributed by atoms with Crippen LogP contribution in [-0.2, 0) is 4.74 Å². The van der Waals surface area contributed by atoms with Crippen LogP contribution in [0.25, 0.3) is 10.8 Å². The first-order chi connectivity index (χ1) is 8.22. The Hall–Kier alpha value is -0.880. The van der Waals surface area contributed by atoms with E-state index in [0.717, 1.165) is 9.81 Å². The second kappa shape index (κ2) is 5.64. The van der Waals surface area contributed by atoms with Crippen molar-refractivity contribution >= 4 is 33.4 Å². The third kappa shape index (κ3) is 2.87. The molecule has 0 fully saturated rings. The van der Waals surface area contributed by atoms with Gasteiger partial charge in [0.05, 0.1) is 12.0 Å². The molecule has 0 saturated carbocycles. The van der Waals surface area contributed by atoms with Gasteiger partial charge in [0.2, 0.25) is 0 Å². The molecule has 3 nitrogen and oxygen atoms in total. The number of alkyl halides is 1. The van der Waals surface area contributed by atoms with Gasteiger partial charge in [0.25, 0.3) is 0 Å². The average Bonchev–Trinajstić information content (AvgIpc) is 2.36. The van der Waals surface area contributed by atoms with Gasteiger partial charge in [-0.15, -0.1) is 0 Å². The Morgan fingerprint density at radius 1 is 1.41 bits per heavy atom. The van der Waals surface area contributed by atoms with Gasteiger partial charge in [0.1, 0.15) is 11.9 Å². The normalized spacial score (nSPS) is 12.8. The fraction of sp³-hybridized carbons (Fsp3) is 0.308. The Morgan fingerprint density at radius 2 is 2.18 bits per heavy atom. The van der Waals surface area contributed by atoms with Gasteiger partial charge in [-0.25, -0.2) is 4.79 Å². The van der Waals surface area contributed by atoms with E-state index < -0.39 is 0 Å². The molecule has 90 valence electrons. The third-order valence-electron chi connectivity index (χ3n) is 2.53. The van der Waals surface area contributed by atoms with Crippen LogP contribution >= 0.6 is 22.6 Å². The van der Waals surface area contributed by atoms with Crippen molar-refractivity contribution in [2.24, 2.45) is 0 Å². The molecule has 2 rings (SSSR count). The molecule has 1 atom stereocenters. The highest BCUT2D eigenvalue weighted by Gasteiger charge is 2.11. The molecule has 17 heavy (non-hydrogen) atoms. The Labute approximate surface area is 113 Å². The predicted molar refractivity (Wildman–Crippen MR) is 75.7 cm³/mol. The minimum absolute atomic E-state index is 0.193. The monoisotopic (exact) mass is 344 g/mol. The Morgan fingerprint density at radius 3 is 2.94 bits per heavy atom. The van der Waals surface area contributed by atoms with E-state index in [0.29, 0.717) is 17.8 Å². The molecule has 0 spiro atoms. The lowest BCUT2D eigenvalue weighted by Crippen LogP contribution is -2.07. The van der Waals surface area contributed by atoms with E-state index in [1.165, 1.54) is 0 Å². The molecule has 1 aromatic carbocycles. The van der Waals surface area contributed by atoms with E-state index in [1.807, 2.05) is 31.2 Å². The lowest BCUT2D eigenvalue weighted by Gasteiger charge is -2.11. The smallest absolute Gasteiger partial charge is 0.343 e. The maximum Gasteiger partial charge on any atom is 0.343 e. The Bertz CT molecular complexity index is 562. The summed E-state index contributed by atoms with van der Waals surface area (Å²) in [4.78, 5) is 11.8. The minimum Gasteiger partial charge on any atom is -0.425 e. The standard InChI is InChI=1S/C13H13IO3/c1-9(16-7-6-14)12-8-10-4-2-3-5-11(10)13(15)17-12/h2-5,8-9H,6-7H2,1H3. The molecule has 0 saturated heterocycles. The summed E-state index contributed by atoms with van der Waals surface area (Å²) in [7, 11) is 0. The molecule has 0 aliphatic rings. The van der Waals surface area contributed by atoms with Crippen LogP contribution in [0.3, 0.4) is 0 Å². The fourth-order valence-electron chi connectivity index (χ4n) is 1.66. The van der Waals surface area contributed by atoms with Crippen molar-refractivity contribution < 1.29 is 9.15 Å². The van der Waals surface area contributed by atoms with Gasteiger partial charge < -0.3 is 9.15 Å². The summed E-state index contributed by atoms with van der Waals surface area (Å²) in [5.41, 5.74) is -0.303. The lowest BCUT2D eigenvalue weighted by atomic mass is 10.1. The Balaban J connectivity index is 2.39. The van der Waals surface area contributed by atoms with E-state index in [4.69, 9.17) is 9.15 Å². The molecule has 0 radical (unpaired) electrons. The summed E-state index contributed by atoms with van der Waals surface area (Å²) in [6.07, 6.45) is -0.193. The van der Waals surface area contributed by atoms with Gasteiger partial charge in [0.15, 0.2) is 0 Å². The highest BCUT2D eigenvalue weighted by Crippen LogP contribution is 2.19. The number of hydrogen-bond acceptors (Lipinski definition) is 3. The van der Waals surface area contributed by atoms with E-state index in [1.54, 1.807) is 6.07 Å². The van der Waals surface area contributed by atoms with E-state index in [2.05, 4.69) is 22.6 Å². The van der Waals surface area contributed by atoms with Crippen LogP contribution in [0, 0.1) is 0 Å². The average molecular weight is 344 g/mol. The van der Waals surface area contributed by atoms with Crippen LogP contribution in [0.15, 0.2) is 39.5 Å². The third-order valence-corrected chi connectivity index (χ3v) is 2.98. The van der Waals surface area contributed by atoms with Crippen molar-refractivity contribution in [1.29, 1.82) is 0 Å². The van der Waals surface area contributed by atoms with Gasteiger partial charge in [0, 0.05) is 4.43 Å². The molecule has 0 aliphatic heterocycles. The molecular formula is C13H13IO3. The SMILES string of the molecule is CC(OCCI)c1cc2ccccc2c(=O)o1. The highest BCUT2D eigenvalue weighted by molar-refractivity contribution is 14.1. The largest absolute Gasteiger partial charge is 0.425 e. The quantitative estimate of drug-likeness (QED) is 0.631. The van der Waals surface area contributed by atoms with Crippen LogP contribution in [0.4, 0.5) is 0 Å². The van der Waals surface area contributed by atoms with Crippen molar-refractivity contribution in [1.82, 2.24) is 0 Å². The molecule has 1 aromatic heterocycles. The first kappa shape index (κ1) is 12.6. The second-order valence-corrected chi connectivity index (χ2v) is 4.80. The molecular weight excluding hydrogens is 331 g/mol. The molecule has 1 unspecified atom stereocenters. The van der Waals surface area contributed by atoms with Crippen LogP contribution in [0.5, 0.6) is 0 Å². The van der Waals surface area contributed by atoms with Crippen LogP contribution in [0.2, 0.25) is 0 Å². The molecule has 4 heteroatoms. The number of fused-ring (bicyclic) bond motifs is 1. The van der Waals surface area contributed by atoms with Gasteiger partial charge >= 0.3 is 5.63 Å². The summed E-state index contributed by atoms with van der Waals surface area (Å²) in [6, 6.07) is 9.27. The van der Waals surface area contributed by atoms with Gasteiger partial charge in [-0.1, -0.05) is 40.8 Å². The van der Waals surface area contributed by atoms with E-state index >= 15 is 0 Å². The Kier molecular flexibility index (Phi) is 4.17. The van der Waals surface area contributed by atoms with E-state index in [9.17, 15) is 4.79 Å². The number of hydrogen-bond donors (Lipinski definition) is 0. The molecule has 0 bridgehead atoms. The minimum atomic E-state index is -0.303. The van der Waals surface area contributed by atoms with Crippen LogP contribution < -0.4 is 5.63 Å². The summed E-state index contributed by atoms with van der Waals surface area (Å²) in [5.74, 6) is 0.582. The number of rotatable bonds is 4. The van der Waals surface area contributed by atoms with Crippen LogP contribution in [-0.4, -0.2) is 11.0 Å². The van der Waals surface area contributed by atoms with Gasteiger partial charge in [-0.2, -0.15) is 0 Å². The first-order valence-electron chi connectivity index (χ1n) is 5.42. The second-order valence-electron chi connectivity index (χ2n) is 3.73. The lowest BCUT2D eigenvalue weighted by molar-refractivity contribution is 0.0613. The van der Waals surface area contributed by atoms with Crippen molar-refractivity contribution in [2.45, 2.75) is 13.0 Å². The zero-order valence-electron chi connectivity index (χ0n) is 9.48. The molecule has 0 aliphatic carbocycles. The van der Waals surface area contributed by atoms with Crippen LogP contribution in [0.1, 0.15) is 18.8 Å². The van der Waals surface area contributed by atoms with Crippen molar-refractivity contribution in [3.63, 3.8) is 0 Å². The zero-order chi connectivity index (χ0) is 12.3. The number of ether oxygens (including phenoxy) is 1. The fourth-order valence-corrected chi connectivity index (χ4v) is 1.91. The highest BCUT2D eigenvalue weighted by atomic mass is 127. The van der Waals surface area contributed by atoms with E-state index in [-0.39, 0.29) is 11.7 Å². The zero-order valence-corrected chi connectivity index (χ0v) is 11.6. The molecule has 0 amide bonds. The number of halogens is 1. The topological polar surface area (TPSA) is 39.4 Å². The van der Waals surface area contributed by atoms with Gasteiger partial charge in [-0.05, 0) is 24.4 Å². The van der Waals surface area contributed by atoms with Crippen molar-refractivity contribution in [3.8, 4) is 0 Å². The van der Waals surface area contributed by atoms with Crippen molar-refractivity contribution in [2.75, 3.05) is 11.0 Å². The molecule has 2 aromatic rings. The van der Waals surface area contributed by atoms with Gasteiger partial charge in [-0.3, -0.25) is 0 Å². The summed E-state index contributed by atoms with van der Waals surface area (Å²) >= 11 is 2.24. The first-order valence-corrected chi connectivity index (χ1v) is 6.95. The maximum absolute atomic E-state index is 11.8. The van der Waals surface area contributed by atoms with Crippen molar-refractivity contribution in [3.05, 3.63) is 46.5 Å². The maximum atomic E-state index is 11.8. The predicted octanol–water partition coefficient (Wildman–Crippen LogP) is 3.31. The number of benzene rings is 1.